The zero-order chi connectivity index (χ0) is 20.6. The van der Waals surface area contributed by atoms with Crippen molar-refractivity contribution in [3.8, 4) is 17.2 Å². The van der Waals surface area contributed by atoms with Crippen LogP contribution in [0.2, 0.25) is 0 Å². The van der Waals surface area contributed by atoms with Gasteiger partial charge in [0.2, 0.25) is 0 Å². The second kappa shape index (κ2) is 9.41. The van der Waals surface area contributed by atoms with Crippen LogP contribution in [-0.4, -0.2) is 36.9 Å². The fraction of sp³-hybridized carbons (Fsp3) is 0.190. The van der Waals surface area contributed by atoms with Gasteiger partial charge in [0.25, 0.3) is 5.91 Å². The van der Waals surface area contributed by atoms with Crippen molar-refractivity contribution in [1.82, 2.24) is 10.2 Å². The Bertz CT molecular complexity index is 959. The molecule has 0 spiro atoms. The van der Waals surface area contributed by atoms with Crippen molar-refractivity contribution in [1.29, 1.82) is 0 Å². The zero-order valence-corrected chi connectivity index (χ0v) is 16.4. The van der Waals surface area contributed by atoms with Gasteiger partial charge in [0.1, 0.15) is 17.2 Å². The molecule has 0 saturated heterocycles. The molecule has 2 aromatic carbocycles. The Hall–Kier alpha value is -3.81. The van der Waals surface area contributed by atoms with E-state index in [0.717, 1.165) is 11.4 Å². The van der Waals surface area contributed by atoms with E-state index in [2.05, 4.69) is 20.8 Å². The first-order chi connectivity index (χ1) is 14.1. The largest absolute Gasteiger partial charge is 0.497 e. The van der Waals surface area contributed by atoms with Gasteiger partial charge in [0.05, 0.1) is 26.5 Å². The van der Waals surface area contributed by atoms with Crippen molar-refractivity contribution in [2.24, 2.45) is 0 Å². The predicted octanol–water partition coefficient (Wildman–Crippen LogP) is 3.89. The Balaban J connectivity index is 1.67. The van der Waals surface area contributed by atoms with Gasteiger partial charge in [-0.25, -0.2) is 0 Å². The molecule has 0 fully saturated rings. The molecule has 2 N–H and O–H groups in total. The third-order valence-corrected chi connectivity index (χ3v) is 3.99. The number of nitrogens with zero attached hydrogens (tertiary/aromatic N) is 2. The maximum atomic E-state index is 12.5. The Labute approximate surface area is 168 Å². The van der Waals surface area contributed by atoms with E-state index in [1.54, 1.807) is 37.4 Å². The molecular weight excluding hydrogens is 372 g/mol. The number of hydrogen-bond acceptors (Lipinski definition) is 7. The molecule has 29 heavy (non-hydrogen) atoms. The molecule has 150 valence electrons. The van der Waals surface area contributed by atoms with Crippen molar-refractivity contribution in [3.05, 3.63) is 60.3 Å². The molecule has 3 rings (SSSR count). The van der Waals surface area contributed by atoms with E-state index >= 15 is 0 Å². The van der Waals surface area contributed by atoms with Crippen LogP contribution in [0.25, 0.3) is 0 Å². The van der Waals surface area contributed by atoms with Gasteiger partial charge in [-0.15, -0.1) is 10.2 Å². The quantitative estimate of drug-likeness (QED) is 0.598. The van der Waals surface area contributed by atoms with Gasteiger partial charge in [0, 0.05) is 11.8 Å². The summed E-state index contributed by atoms with van der Waals surface area (Å²) in [6.07, 6.45) is 0. The summed E-state index contributed by atoms with van der Waals surface area (Å²) in [6.45, 7) is 2.55. The summed E-state index contributed by atoms with van der Waals surface area (Å²) < 4.78 is 15.9. The highest BCUT2D eigenvalue weighted by Crippen LogP contribution is 2.29. The Morgan fingerprint density at radius 2 is 1.69 bits per heavy atom. The van der Waals surface area contributed by atoms with Gasteiger partial charge >= 0.3 is 0 Å². The highest BCUT2D eigenvalue weighted by Gasteiger charge is 2.13. The summed E-state index contributed by atoms with van der Waals surface area (Å²) in [5.74, 6) is 2.02. The van der Waals surface area contributed by atoms with E-state index in [4.69, 9.17) is 14.2 Å². The SMILES string of the molecule is CCOc1ccc(Nc2ccc(C(=O)Nc3cc(OC)ccc3OC)nn2)cc1. The molecule has 0 bridgehead atoms. The van der Waals surface area contributed by atoms with E-state index in [-0.39, 0.29) is 5.69 Å². The number of benzene rings is 2. The lowest BCUT2D eigenvalue weighted by molar-refractivity contribution is 0.102. The van der Waals surface area contributed by atoms with E-state index < -0.39 is 5.91 Å². The first kappa shape index (κ1) is 19.9. The van der Waals surface area contributed by atoms with Crippen LogP contribution in [-0.2, 0) is 0 Å². The Morgan fingerprint density at radius 1 is 0.931 bits per heavy atom. The second-order valence-corrected chi connectivity index (χ2v) is 5.91. The summed E-state index contributed by atoms with van der Waals surface area (Å²) in [6, 6.07) is 15.9. The summed E-state index contributed by atoms with van der Waals surface area (Å²) in [5, 5.41) is 13.9. The van der Waals surface area contributed by atoms with E-state index in [0.29, 0.717) is 29.6 Å². The lowest BCUT2D eigenvalue weighted by Crippen LogP contribution is -2.15. The minimum Gasteiger partial charge on any atom is -0.497 e. The van der Waals surface area contributed by atoms with Crippen LogP contribution in [0.4, 0.5) is 17.2 Å². The van der Waals surface area contributed by atoms with Crippen LogP contribution in [0.5, 0.6) is 17.2 Å². The van der Waals surface area contributed by atoms with Crippen LogP contribution in [0.1, 0.15) is 17.4 Å². The maximum Gasteiger partial charge on any atom is 0.276 e. The topological polar surface area (TPSA) is 94.6 Å². The number of anilines is 3. The van der Waals surface area contributed by atoms with Crippen LogP contribution >= 0.6 is 0 Å². The molecule has 0 aliphatic heterocycles. The van der Waals surface area contributed by atoms with Gasteiger partial charge in [-0.1, -0.05) is 0 Å². The van der Waals surface area contributed by atoms with E-state index in [1.165, 1.54) is 7.11 Å². The van der Waals surface area contributed by atoms with Crippen LogP contribution < -0.4 is 24.8 Å². The van der Waals surface area contributed by atoms with Gasteiger partial charge in [-0.05, 0) is 55.5 Å². The van der Waals surface area contributed by atoms with Gasteiger partial charge in [-0.2, -0.15) is 0 Å². The lowest BCUT2D eigenvalue weighted by atomic mass is 10.2. The Kier molecular flexibility index (Phi) is 6.47. The van der Waals surface area contributed by atoms with Gasteiger partial charge in [0.15, 0.2) is 11.5 Å². The van der Waals surface area contributed by atoms with Crippen molar-refractivity contribution in [2.45, 2.75) is 6.92 Å². The van der Waals surface area contributed by atoms with Crippen molar-refractivity contribution < 1.29 is 19.0 Å². The second-order valence-electron chi connectivity index (χ2n) is 5.91. The number of amides is 1. The zero-order valence-electron chi connectivity index (χ0n) is 16.4. The Morgan fingerprint density at radius 3 is 2.31 bits per heavy atom. The molecule has 8 heteroatoms. The predicted molar refractivity (Wildman–Crippen MR) is 110 cm³/mol. The number of rotatable bonds is 8. The standard InChI is InChI=1S/C21H22N4O4/c1-4-29-15-7-5-14(6-8-15)22-20-12-10-17(24-25-20)21(26)23-18-13-16(27-2)9-11-19(18)28-3/h5-13H,4H2,1-3H3,(H,22,25)(H,23,26). The molecule has 0 unspecified atom stereocenters. The molecule has 0 atom stereocenters. The number of ether oxygens (including phenoxy) is 3. The molecule has 1 aromatic heterocycles. The molecule has 1 amide bonds. The lowest BCUT2D eigenvalue weighted by Gasteiger charge is -2.11. The van der Waals surface area contributed by atoms with Crippen LogP contribution in [0, 0.1) is 0 Å². The number of hydrogen-bond donors (Lipinski definition) is 2. The fourth-order valence-electron chi connectivity index (χ4n) is 2.57. The summed E-state index contributed by atoms with van der Waals surface area (Å²) >= 11 is 0. The molecular formula is C21H22N4O4. The van der Waals surface area contributed by atoms with Crippen molar-refractivity contribution >= 4 is 23.1 Å². The minimum atomic E-state index is -0.406. The number of methoxy groups -OCH3 is 2. The van der Waals surface area contributed by atoms with Gasteiger partial charge in [-0.3, -0.25) is 4.79 Å². The molecule has 1 heterocycles. The number of carbonyl (C=O) groups is 1. The maximum absolute atomic E-state index is 12.5. The van der Waals surface area contributed by atoms with Crippen molar-refractivity contribution in [2.75, 3.05) is 31.5 Å². The molecule has 0 saturated carbocycles. The first-order valence-corrected chi connectivity index (χ1v) is 9.00. The highest BCUT2D eigenvalue weighted by molar-refractivity contribution is 6.03. The van der Waals surface area contributed by atoms with E-state index in [9.17, 15) is 4.79 Å². The fourth-order valence-corrected chi connectivity index (χ4v) is 2.57. The van der Waals surface area contributed by atoms with Crippen molar-refractivity contribution in [3.63, 3.8) is 0 Å². The number of carbonyl (C=O) groups excluding carboxylic acids is 1. The average molecular weight is 394 g/mol. The first-order valence-electron chi connectivity index (χ1n) is 9.00. The smallest absolute Gasteiger partial charge is 0.276 e. The number of aromatic nitrogens is 2. The summed E-state index contributed by atoms with van der Waals surface area (Å²) in [4.78, 5) is 12.5. The van der Waals surface area contributed by atoms with E-state index in [1.807, 2.05) is 31.2 Å². The highest BCUT2D eigenvalue weighted by atomic mass is 16.5. The third-order valence-electron chi connectivity index (χ3n) is 3.99. The molecule has 8 nitrogen and oxygen atoms in total. The molecule has 0 aliphatic rings. The summed E-state index contributed by atoms with van der Waals surface area (Å²) in [7, 11) is 3.08. The number of nitrogens with one attached hydrogen (secondary N) is 2. The normalized spacial score (nSPS) is 10.2. The average Bonchev–Trinajstić information content (AvgIpc) is 2.75. The summed E-state index contributed by atoms with van der Waals surface area (Å²) in [5.41, 5.74) is 1.49. The minimum absolute atomic E-state index is 0.173. The molecule has 0 radical (unpaired) electrons. The van der Waals surface area contributed by atoms with Gasteiger partial charge < -0.3 is 24.8 Å². The monoisotopic (exact) mass is 394 g/mol. The van der Waals surface area contributed by atoms with Crippen LogP contribution in [0.15, 0.2) is 54.6 Å². The molecule has 0 aliphatic carbocycles. The van der Waals surface area contributed by atoms with Crippen LogP contribution in [0.3, 0.4) is 0 Å². The third kappa shape index (κ3) is 5.13. The molecule has 3 aromatic rings.